The Morgan fingerprint density at radius 3 is 2.93 bits per heavy atom. The van der Waals surface area contributed by atoms with Crippen LogP contribution >= 0.6 is 0 Å². The monoisotopic (exact) mass is 210 g/mol. The summed E-state index contributed by atoms with van der Waals surface area (Å²) >= 11 is 0. The molecule has 0 aromatic rings. The van der Waals surface area contributed by atoms with E-state index < -0.39 is 5.60 Å². The smallest absolute Gasteiger partial charge is 0.414 e. The van der Waals surface area contributed by atoms with Crippen molar-refractivity contribution in [2.24, 2.45) is 5.92 Å². The Labute approximate surface area is 90.3 Å². The van der Waals surface area contributed by atoms with Gasteiger partial charge in [0.25, 0.3) is 0 Å². The first-order valence-electron chi connectivity index (χ1n) is 5.41. The second kappa shape index (κ2) is 3.43. The number of nitrogens with zero attached hydrogens (tertiary/aromatic N) is 1. The third kappa shape index (κ3) is 2.25. The number of hydrogen-bond donors (Lipinski definition) is 1. The SMILES string of the molecule is CC(C)(C)OC(=O)N1C=C2NCC[C@H]2C1. The van der Waals surface area contributed by atoms with E-state index in [0.29, 0.717) is 5.92 Å². The van der Waals surface area contributed by atoms with Gasteiger partial charge in [-0.15, -0.1) is 0 Å². The van der Waals surface area contributed by atoms with Crippen LogP contribution in [0.2, 0.25) is 0 Å². The first-order chi connectivity index (χ1) is 6.96. The van der Waals surface area contributed by atoms with Crippen LogP contribution in [0.4, 0.5) is 4.79 Å². The van der Waals surface area contributed by atoms with Gasteiger partial charge in [-0.25, -0.2) is 4.79 Å². The number of ether oxygens (including phenoxy) is 1. The van der Waals surface area contributed by atoms with Gasteiger partial charge in [0.15, 0.2) is 0 Å². The molecule has 0 unspecified atom stereocenters. The molecule has 4 nitrogen and oxygen atoms in total. The molecule has 0 aliphatic carbocycles. The molecule has 1 N–H and O–H groups in total. The minimum atomic E-state index is -0.416. The van der Waals surface area contributed by atoms with Crippen LogP contribution in [0.25, 0.3) is 0 Å². The number of fused-ring (bicyclic) bond motifs is 1. The number of carbonyl (C=O) groups excluding carboxylic acids is 1. The summed E-state index contributed by atoms with van der Waals surface area (Å²) in [7, 11) is 0. The van der Waals surface area contributed by atoms with Crippen molar-refractivity contribution in [3.63, 3.8) is 0 Å². The molecule has 1 saturated heterocycles. The van der Waals surface area contributed by atoms with Crippen LogP contribution in [0.15, 0.2) is 11.9 Å². The lowest BCUT2D eigenvalue weighted by atomic mass is 10.1. The van der Waals surface area contributed by atoms with Gasteiger partial charge >= 0.3 is 6.09 Å². The highest BCUT2D eigenvalue weighted by molar-refractivity contribution is 5.70. The van der Waals surface area contributed by atoms with Crippen LogP contribution in [-0.2, 0) is 4.74 Å². The Balaban J connectivity index is 1.97. The van der Waals surface area contributed by atoms with Crippen molar-refractivity contribution in [1.29, 1.82) is 0 Å². The van der Waals surface area contributed by atoms with Crippen molar-refractivity contribution < 1.29 is 9.53 Å². The largest absolute Gasteiger partial charge is 0.443 e. The Morgan fingerprint density at radius 2 is 2.33 bits per heavy atom. The highest BCUT2D eigenvalue weighted by atomic mass is 16.6. The van der Waals surface area contributed by atoms with E-state index in [4.69, 9.17) is 4.74 Å². The van der Waals surface area contributed by atoms with E-state index in [-0.39, 0.29) is 6.09 Å². The Bertz CT molecular complexity index is 304. The van der Waals surface area contributed by atoms with E-state index >= 15 is 0 Å². The summed E-state index contributed by atoms with van der Waals surface area (Å²) in [5, 5.41) is 3.28. The Morgan fingerprint density at radius 1 is 1.60 bits per heavy atom. The number of rotatable bonds is 0. The highest BCUT2D eigenvalue weighted by Gasteiger charge is 2.33. The van der Waals surface area contributed by atoms with Gasteiger partial charge in [-0.05, 0) is 27.2 Å². The molecule has 15 heavy (non-hydrogen) atoms. The second-order valence-corrected chi connectivity index (χ2v) is 5.13. The summed E-state index contributed by atoms with van der Waals surface area (Å²) in [5.74, 6) is 0.498. The van der Waals surface area contributed by atoms with Gasteiger partial charge in [0.1, 0.15) is 5.60 Å². The second-order valence-electron chi connectivity index (χ2n) is 5.13. The fourth-order valence-electron chi connectivity index (χ4n) is 1.94. The number of hydrogen-bond acceptors (Lipinski definition) is 3. The molecular formula is C11H18N2O2. The molecule has 0 aromatic carbocycles. The molecule has 2 aliphatic rings. The molecule has 2 aliphatic heterocycles. The molecule has 4 heteroatoms. The van der Waals surface area contributed by atoms with E-state index in [9.17, 15) is 4.79 Å². The lowest BCUT2D eigenvalue weighted by Gasteiger charge is -2.23. The zero-order valence-electron chi connectivity index (χ0n) is 9.54. The summed E-state index contributed by atoms with van der Waals surface area (Å²) in [6.45, 7) is 7.43. The van der Waals surface area contributed by atoms with Crippen LogP contribution in [-0.4, -0.2) is 29.7 Å². The standard InChI is InChI=1S/C11H18N2O2/c1-11(2,3)15-10(14)13-6-8-4-5-12-9(8)7-13/h7-8,12H,4-6H2,1-3H3/t8-/m0/s1. The normalized spacial score (nSPS) is 24.6. The van der Waals surface area contributed by atoms with Crippen LogP contribution in [0.1, 0.15) is 27.2 Å². The minimum Gasteiger partial charge on any atom is -0.443 e. The molecule has 84 valence electrons. The molecule has 0 spiro atoms. The predicted octanol–water partition coefficient (Wildman–Crippen LogP) is 1.69. The zero-order chi connectivity index (χ0) is 11.1. The first-order valence-corrected chi connectivity index (χ1v) is 5.41. The van der Waals surface area contributed by atoms with Gasteiger partial charge < -0.3 is 10.1 Å². The van der Waals surface area contributed by atoms with Gasteiger partial charge in [-0.1, -0.05) is 0 Å². The molecule has 1 amide bonds. The summed E-state index contributed by atoms with van der Waals surface area (Å²) in [6.07, 6.45) is 2.75. The van der Waals surface area contributed by atoms with E-state index in [2.05, 4.69) is 5.32 Å². The minimum absolute atomic E-state index is 0.244. The van der Waals surface area contributed by atoms with Crippen molar-refractivity contribution >= 4 is 6.09 Å². The quantitative estimate of drug-likeness (QED) is 0.661. The fourth-order valence-corrected chi connectivity index (χ4v) is 1.94. The maximum absolute atomic E-state index is 11.7. The number of nitrogens with one attached hydrogen (secondary N) is 1. The van der Waals surface area contributed by atoms with Gasteiger partial charge in [0.2, 0.25) is 0 Å². The lowest BCUT2D eigenvalue weighted by Crippen LogP contribution is -2.33. The summed E-state index contributed by atoms with van der Waals surface area (Å²) in [5.41, 5.74) is 0.765. The molecule has 0 saturated carbocycles. The third-order valence-corrected chi connectivity index (χ3v) is 2.60. The van der Waals surface area contributed by atoms with Gasteiger partial charge in [-0.2, -0.15) is 0 Å². The van der Waals surface area contributed by atoms with Gasteiger partial charge in [-0.3, -0.25) is 4.90 Å². The van der Waals surface area contributed by atoms with E-state index in [1.807, 2.05) is 27.0 Å². The van der Waals surface area contributed by atoms with Crippen LogP contribution < -0.4 is 5.32 Å². The molecule has 2 heterocycles. The lowest BCUT2D eigenvalue weighted by molar-refractivity contribution is 0.0338. The van der Waals surface area contributed by atoms with Crippen molar-refractivity contribution in [2.75, 3.05) is 13.1 Å². The van der Waals surface area contributed by atoms with E-state index in [0.717, 1.165) is 19.5 Å². The Hall–Kier alpha value is -1.19. The van der Waals surface area contributed by atoms with Crippen LogP contribution in [0.3, 0.4) is 0 Å². The average Bonchev–Trinajstić information content (AvgIpc) is 2.56. The number of amides is 1. The molecular weight excluding hydrogens is 192 g/mol. The maximum Gasteiger partial charge on any atom is 0.414 e. The van der Waals surface area contributed by atoms with E-state index in [1.54, 1.807) is 4.90 Å². The Kier molecular flexibility index (Phi) is 2.37. The molecule has 0 bridgehead atoms. The maximum atomic E-state index is 11.7. The molecule has 1 atom stereocenters. The zero-order valence-corrected chi connectivity index (χ0v) is 9.54. The fraction of sp³-hybridized carbons (Fsp3) is 0.727. The summed E-state index contributed by atoms with van der Waals surface area (Å²) in [4.78, 5) is 13.4. The molecule has 1 fully saturated rings. The topological polar surface area (TPSA) is 41.6 Å². The summed E-state index contributed by atoms with van der Waals surface area (Å²) < 4.78 is 5.30. The number of carbonyl (C=O) groups is 1. The van der Waals surface area contributed by atoms with Crippen LogP contribution in [0.5, 0.6) is 0 Å². The van der Waals surface area contributed by atoms with Crippen molar-refractivity contribution in [1.82, 2.24) is 10.2 Å². The van der Waals surface area contributed by atoms with Crippen LogP contribution in [0, 0.1) is 5.92 Å². The van der Waals surface area contributed by atoms with Gasteiger partial charge in [0.05, 0.1) is 0 Å². The summed E-state index contributed by atoms with van der Waals surface area (Å²) in [6, 6.07) is 0. The van der Waals surface area contributed by atoms with E-state index in [1.165, 1.54) is 5.70 Å². The molecule has 2 rings (SSSR count). The van der Waals surface area contributed by atoms with Crippen molar-refractivity contribution in [2.45, 2.75) is 32.8 Å². The third-order valence-electron chi connectivity index (χ3n) is 2.60. The predicted molar refractivity (Wildman–Crippen MR) is 57.1 cm³/mol. The van der Waals surface area contributed by atoms with Gasteiger partial charge in [0, 0.05) is 30.9 Å². The first kappa shape index (κ1) is 10.3. The molecule has 0 radical (unpaired) electrons. The van der Waals surface area contributed by atoms with Crippen molar-refractivity contribution in [3.05, 3.63) is 11.9 Å². The highest BCUT2D eigenvalue weighted by Crippen LogP contribution is 2.27. The van der Waals surface area contributed by atoms with Crippen molar-refractivity contribution in [3.8, 4) is 0 Å². The average molecular weight is 210 g/mol. The molecule has 0 aromatic heterocycles.